The van der Waals surface area contributed by atoms with Gasteiger partial charge >= 0.3 is 0 Å². The molecule has 0 amide bonds. The number of aromatic amines is 1. The predicted molar refractivity (Wildman–Crippen MR) is 111 cm³/mol. The summed E-state index contributed by atoms with van der Waals surface area (Å²) in [7, 11) is 0. The fourth-order valence-electron chi connectivity index (χ4n) is 3.49. The number of nitrogens with one attached hydrogen (secondary N) is 1. The molecule has 0 spiro atoms. The summed E-state index contributed by atoms with van der Waals surface area (Å²) in [5.74, 6) is 0. The fourth-order valence-corrected chi connectivity index (χ4v) is 3.75. The molecule has 0 aliphatic carbocycles. The highest BCUT2D eigenvalue weighted by molar-refractivity contribution is 9.10. The zero-order valence-electron chi connectivity index (χ0n) is 15.0. The minimum Gasteiger partial charge on any atom is -0.363 e. The molecule has 1 N–H and O–H groups in total. The van der Waals surface area contributed by atoms with Gasteiger partial charge in [0.1, 0.15) is 5.69 Å². The van der Waals surface area contributed by atoms with Crippen molar-refractivity contribution >= 4 is 38.2 Å². The van der Waals surface area contributed by atoms with Crippen molar-refractivity contribution < 1.29 is 4.92 Å². The first-order valence-corrected chi connectivity index (χ1v) is 9.68. The van der Waals surface area contributed by atoms with E-state index in [4.69, 9.17) is 0 Å². The molecule has 0 radical (unpaired) electrons. The van der Waals surface area contributed by atoms with Crippen LogP contribution in [-0.2, 0) is 6.54 Å². The second kappa shape index (κ2) is 7.69. The van der Waals surface area contributed by atoms with Gasteiger partial charge in [-0.2, -0.15) is 0 Å². The average Bonchev–Trinajstić information content (AvgIpc) is 2.70. The molecular weight excluding hydrogens is 426 g/mol. The van der Waals surface area contributed by atoms with Crippen LogP contribution in [0, 0.1) is 10.1 Å². The van der Waals surface area contributed by atoms with E-state index in [1.807, 2.05) is 17.0 Å². The highest BCUT2D eigenvalue weighted by atomic mass is 79.9. The lowest BCUT2D eigenvalue weighted by Crippen LogP contribution is -2.46. The molecule has 1 aromatic heterocycles. The maximum absolute atomic E-state index is 11.9. The number of aromatic nitrogens is 2. The Balaban J connectivity index is 1.54. The maximum atomic E-state index is 11.9. The Morgan fingerprint density at radius 2 is 1.86 bits per heavy atom. The third-order valence-corrected chi connectivity index (χ3v) is 5.49. The van der Waals surface area contributed by atoms with E-state index in [2.05, 4.69) is 42.9 Å². The van der Waals surface area contributed by atoms with Gasteiger partial charge in [-0.15, -0.1) is 0 Å². The third-order valence-electron chi connectivity index (χ3n) is 4.97. The number of nitrogens with zero attached hydrogens (tertiary/aromatic N) is 4. The van der Waals surface area contributed by atoms with E-state index in [-0.39, 0.29) is 16.6 Å². The quantitative estimate of drug-likeness (QED) is 0.491. The lowest BCUT2D eigenvalue weighted by Gasteiger charge is -2.35. The molecule has 8 nitrogen and oxygen atoms in total. The number of piperazine rings is 1. The smallest absolute Gasteiger partial charge is 0.293 e. The summed E-state index contributed by atoms with van der Waals surface area (Å²) < 4.78 is 1.05. The highest BCUT2D eigenvalue weighted by Gasteiger charge is 2.25. The molecule has 1 fully saturated rings. The SMILES string of the molecule is O=c1[nH]cnc2cc(N3CCN(Cc4ccc(Br)cc4)CC3)c([N+](=O)[O-])cc12. The molecule has 0 atom stereocenters. The Bertz CT molecular complexity index is 1080. The van der Waals surface area contributed by atoms with Crippen molar-refractivity contribution in [3.8, 4) is 0 Å². The number of rotatable bonds is 4. The lowest BCUT2D eigenvalue weighted by molar-refractivity contribution is -0.384. The molecule has 144 valence electrons. The molecule has 1 aliphatic rings. The van der Waals surface area contributed by atoms with Gasteiger partial charge in [0.05, 0.1) is 22.2 Å². The Kier molecular flexibility index (Phi) is 5.10. The average molecular weight is 444 g/mol. The molecule has 4 rings (SSSR count). The van der Waals surface area contributed by atoms with Crippen molar-refractivity contribution in [2.75, 3.05) is 31.1 Å². The summed E-state index contributed by atoms with van der Waals surface area (Å²) in [6, 6.07) is 11.2. The molecule has 0 saturated carbocycles. The van der Waals surface area contributed by atoms with Gasteiger partial charge in [0, 0.05) is 43.3 Å². The van der Waals surface area contributed by atoms with Crippen LogP contribution in [-0.4, -0.2) is 46.0 Å². The van der Waals surface area contributed by atoms with Crippen molar-refractivity contribution in [3.05, 3.63) is 73.2 Å². The number of hydrogen-bond donors (Lipinski definition) is 1. The number of benzene rings is 2. The van der Waals surface area contributed by atoms with Crippen molar-refractivity contribution in [2.24, 2.45) is 0 Å². The third kappa shape index (κ3) is 3.76. The highest BCUT2D eigenvalue weighted by Crippen LogP contribution is 2.32. The van der Waals surface area contributed by atoms with Crippen LogP contribution in [0.25, 0.3) is 10.9 Å². The van der Waals surface area contributed by atoms with Crippen LogP contribution >= 0.6 is 15.9 Å². The molecule has 3 aromatic rings. The molecular formula is C19H18BrN5O3. The van der Waals surface area contributed by atoms with Crippen molar-refractivity contribution in [1.29, 1.82) is 0 Å². The Morgan fingerprint density at radius 1 is 1.14 bits per heavy atom. The molecule has 2 aromatic carbocycles. The summed E-state index contributed by atoms with van der Waals surface area (Å²) in [5, 5.41) is 11.8. The zero-order chi connectivity index (χ0) is 19.7. The number of H-pyrrole nitrogens is 1. The van der Waals surface area contributed by atoms with E-state index in [1.165, 1.54) is 18.0 Å². The largest absolute Gasteiger partial charge is 0.363 e. The molecule has 9 heteroatoms. The second-order valence-electron chi connectivity index (χ2n) is 6.74. The van der Waals surface area contributed by atoms with E-state index in [0.717, 1.165) is 24.1 Å². The monoisotopic (exact) mass is 443 g/mol. The Hall–Kier alpha value is -2.78. The molecule has 2 heterocycles. The molecule has 0 bridgehead atoms. The Labute approximate surface area is 169 Å². The first-order chi connectivity index (χ1) is 13.5. The van der Waals surface area contributed by atoms with Crippen LogP contribution in [0.3, 0.4) is 0 Å². The number of nitro benzene ring substituents is 1. The summed E-state index contributed by atoms with van der Waals surface area (Å²) in [6.45, 7) is 3.79. The van der Waals surface area contributed by atoms with E-state index in [1.54, 1.807) is 6.07 Å². The standard InChI is InChI=1S/C19H18BrN5O3/c20-14-3-1-13(2-4-14)11-23-5-7-24(8-6-23)17-10-16-15(9-18(17)25(27)28)19(26)22-12-21-16/h1-4,9-10,12H,5-8,11H2,(H,21,22,26). The van der Waals surface area contributed by atoms with E-state index in [9.17, 15) is 14.9 Å². The van der Waals surface area contributed by atoms with Gasteiger partial charge < -0.3 is 9.88 Å². The predicted octanol–water partition coefficient (Wildman–Crippen LogP) is 2.92. The summed E-state index contributed by atoms with van der Waals surface area (Å²) in [6.07, 6.45) is 1.32. The first-order valence-electron chi connectivity index (χ1n) is 8.89. The van der Waals surface area contributed by atoms with Crippen LogP contribution in [0.2, 0.25) is 0 Å². The zero-order valence-corrected chi connectivity index (χ0v) is 16.6. The second-order valence-corrected chi connectivity index (χ2v) is 7.65. The van der Waals surface area contributed by atoms with Crippen molar-refractivity contribution in [2.45, 2.75) is 6.54 Å². The van der Waals surface area contributed by atoms with Crippen molar-refractivity contribution in [3.63, 3.8) is 0 Å². The number of halogens is 1. The molecule has 0 unspecified atom stereocenters. The first kappa shape index (κ1) is 18.6. The van der Waals surface area contributed by atoms with E-state index >= 15 is 0 Å². The van der Waals surface area contributed by atoms with Crippen LogP contribution in [0.5, 0.6) is 0 Å². The van der Waals surface area contributed by atoms with Crippen LogP contribution in [0.15, 0.2) is 52.0 Å². The summed E-state index contributed by atoms with van der Waals surface area (Å²) in [5.41, 5.74) is 1.77. The molecule has 1 saturated heterocycles. The van der Waals surface area contributed by atoms with Gasteiger partial charge in [0.2, 0.25) is 0 Å². The molecule has 28 heavy (non-hydrogen) atoms. The fraction of sp³-hybridized carbons (Fsp3) is 0.263. The van der Waals surface area contributed by atoms with Crippen molar-refractivity contribution in [1.82, 2.24) is 14.9 Å². The minimum absolute atomic E-state index is 0.0626. The topological polar surface area (TPSA) is 95.4 Å². The van der Waals surface area contributed by atoms with Crippen LogP contribution < -0.4 is 10.5 Å². The van der Waals surface area contributed by atoms with Gasteiger partial charge in [-0.1, -0.05) is 28.1 Å². The van der Waals surface area contributed by atoms with Crippen LogP contribution in [0.4, 0.5) is 11.4 Å². The van der Waals surface area contributed by atoms with Gasteiger partial charge in [-0.25, -0.2) is 4.98 Å². The Morgan fingerprint density at radius 3 is 2.54 bits per heavy atom. The summed E-state index contributed by atoms with van der Waals surface area (Å²) >= 11 is 3.44. The normalized spacial score (nSPS) is 15.1. The number of anilines is 1. The molecule has 1 aliphatic heterocycles. The minimum atomic E-state index is -0.435. The van der Waals surface area contributed by atoms with Gasteiger partial charge in [-0.3, -0.25) is 19.8 Å². The lowest BCUT2D eigenvalue weighted by atomic mass is 10.1. The van der Waals surface area contributed by atoms with Gasteiger partial charge in [0.15, 0.2) is 0 Å². The van der Waals surface area contributed by atoms with Gasteiger partial charge in [0.25, 0.3) is 11.2 Å². The summed E-state index contributed by atoms with van der Waals surface area (Å²) in [4.78, 5) is 34.0. The van der Waals surface area contributed by atoms with Gasteiger partial charge in [-0.05, 0) is 23.8 Å². The number of hydrogen-bond acceptors (Lipinski definition) is 6. The van der Waals surface area contributed by atoms with E-state index < -0.39 is 4.92 Å². The number of fused-ring (bicyclic) bond motifs is 1. The maximum Gasteiger partial charge on any atom is 0.293 e. The number of nitro groups is 1. The van der Waals surface area contributed by atoms with Crippen LogP contribution in [0.1, 0.15) is 5.56 Å². The van der Waals surface area contributed by atoms with E-state index in [0.29, 0.717) is 24.3 Å².